The first-order chi connectivity index (χ1) is 22.0. The molecule has 7 rings (SSSR count). The van der Waals surface area contributed by atoms with Crippen LogP contribution < -0.4 is 25.8 Å². The number of aromatic nitrogens is 4. The molecule has 0 unspecified atom stereocenters. The molecule has 238 valence electrons. The monoisotopic (exact) mass is 645 g/mol. The minimum atomic E-state index is -0.506. The predicted molar refractivity (Wildman–Crippen MR) is 173 cm³/mol. The van der Waals surface area contributed by atoms with Gasteiger partial charge in [0.05, 0.1) is 41.1 Å². The molecular formula is C32H33ClFN9O3. The normalized spacial score (nSPS) is 21.5. The van der Waals surface area contributed by atoms with Crippen molar-refractivity contribution in [1.82, 2.24) is 25.1 Å². The zero-order valence-corrected chi connectivity index (χ0v) is 26.4. The van der Waals surface area contributed by atoms with Crippen molar-refractivity contribution >= 4 is 69.1 Å². The zero-order chi connectivity index (χ0) is 32.3. The molecule has 46 heavy (non-hydrogen) atoms. The van der Waals surface area contributed by atoms with Crippen LogP contribution in [0.25, 0.3) is 10.9 Å². The second-order valence-electron chi connectivity index (χ2n) is 12.3. The van der Waals surface area contributed by atoms with Gasteiger partial charge in [-0.1, -0.05) is 18.5 Å². The number of hydrogen-bond donors (Lipinski definition) is 3. The number of nitrogens with zero attached hydrogens (tertiary/aromatic N) is 6. The van der Waals surface area contributed by atoms with Crippen molar-refractivity contribution in [3.05, 3.63) is 58.6 Å². The highest BCUT2D eigenvalue weighted by atomic mass is 35.5. The lowest BCUT2D eigenvalue weighted by molar-refractivity contribution is -0.134. The van der Waals surface area contributed by atoms with Gasteiger partial charge in [0.1, 0.15) is 10.8 Å². The summed E-state index contributed by atoms with van der Waals surface area (Å²) in [5.41, 5.74) is 4.04. The van der Waals surface area contributed by atoms with E-state index in [-0.39, 0.29) is 52.6 Å². The van der Waals surface area contributed by atoms with Crippen LogP contribution in [-0.2, 0) is 27.9 Å². The van der Waals surface area contributed by atoms with Gasteiger partial charge in [0.15, 0.2) is 5.82 Å². The number of rotatable bonds is 6. The lowest BCUT2D eigenvalue weighted by Gasteiger charge is -2.37. The summed E-state index contributed by atoms with van der Waals surface area (Å²) in [7, 11) is 3.49. The van der Waals surface area contributed by atoms with Crippen molar-refractivity contribution in [3.63, 3.8) is 0 Å². The van der Waals surface area contributed by atoms with E-state index in [1.54, 1.807) is 17.8 Å². The second kappa shape index (κ2) is 11.5. The summed E-state index contributed by atoms with van der Waals surface area (Å²) in [5.74, 6) is -0.571. The summed E-state index contributed by atoms with van der Waals surface area (Å²) < 4.78 is 16.8. The molecule has 14 heteroatoms. The Bertz CT molecular complexity index is 1910. The topological polar surface area (TPSA) is 137 Å². The van der Waals surface area contributed by atoms with Gasteiger partial charge in [0.25, 0.3) is 0 Å². The maximum atomic E-state index is 15.0. The number of anilines is 5. The van der Waals surface area contributed by atoms with Gasteiger partial charge in [-0.25, -0.2) is 9.37 Å². The number of likely N-dealkylation sites (N-methyl/N-ethyl adjacent to an activating group) is 1. The van der Waals surface area contributed by atoms with Gasteiger partial charge in [-0.15, -0.1) is 0 Å². The fourth-order valence-electron chi connectivity index (χ4n) is 6.64. The number of hydrogen-bond acceptors (Lipinski definition) is 9. The van der Waals surface area contributed by atoms with Gasteiger partial charge in [0, 0.05) is 56.8 Å². The molecule has 3 aliphatic heterocycles. The molecule has 0 radical (unpaired) electrons. The van der Waals surface area contributed by atoms with Crippen LogP contribution in [0.3, 0.4) is 0 Å². The molecule has 2 aromatic carbocycles. The quantitative estimate of drug-likeness (QED) is 0.263. The Morgan fingerprint density at radius 2 is 1.93 bits per heavy atom. The van der Waals surface area contributed by atoms with Crippen LogP contribution in [0.2, 0.25) is 5.02 Å². The van der Waals surface area contributed by atoms with Crippen molar-refractivity contribution in [2.24, 2.45) is 13.0 Å². The number of carbonyl (C=O) groups excluding carboxylic acids is 3. The van der Waals surface area contributed by atoms with Crippen molar-refractivity contribution in [3.8, 4) is 0 Å². The minimum Gasteiger partial charge on any atom is -0.382 e. The molecule has 4 aromatic rings. The first-order valence-corrected chi connectivity index (χ1v) is 15.6. The second-order valence-corrected chi connectivity index (χ2v) is 12.7. The van der Waals surface area contributed by atoms with Crippen LogP contribution in [0.4, 0.5) is 33.2 Å². The highest BCUT2D eigenvalue weighted by Gasteiger charge is 2.32. The molecule has 3 atom stereocenters. The molecule has 0 aliphatic carbocycles. The van der Waals surface area contributed by atoms with E-state index in [0.717, 1.165) is 28.6 Å². The van der Waals surface area contributed by atoms with Crippen molar-refractivity contribution in [1.29, 1.82) is 0 Å². The van der Waals surface area contributed by atoms with Gasteiger partial charge in [-0.3, -0.25) is 24.4 Å². The summed E-state index contributed by atoms with van der Waals surface area (Å²) in [6.45, 7) is 3.55. The molecule has 12 nitrogen and oxygen atoms in total. The highest BCUT2D eigenvalue weighted by Crippen LogP contribution is 2.36. The Kier molecular flexibility index (Phi) is 7.50. The Morgan fingerprint density at radius 3 is 2.72 bits per heavy atom. The summed E-state index contributed by atoms with van der Waals surface area (Å²) >= 11 is 6.41. The van der Waals surface area contributed by atoms with E-state index in [0.29, 0.717) is 43.3 Å². The SMILES string of the molecule is C[C@@H]1CN(c2ncc(Cl)c(Nc3cc4c(cc3F)N(C)C(=O)C4)n2)CC[C@H]1Nc1ccc2c([C@H]3CCC(=O)NC3=O)nn(C)c2c1. The number of piperidine rings is 2. The number of fused-ring (bicyclic) bond motifs is 2. The molecule has 0 saturated carbocycles. The van der Waals surface area contributed by atoms with Crippen molar-refractivity contribution in [2.45, 2.75) is 44.6 Å². The Labute approximate surface area is 269 Å². The van der Waals surface area contributed by atoms with E-state index < -0.39 is 11.7 Å². The minimum absolute atomic E-state index is 0.0858. The highest BCUT2D eigenvalue weighted by molar-refractivity contribution is 6.33. The molecule has 2 fully saturated rings. The Balaban J connectivity index is 1.03. The number of halogens is 2. The van der Waals surface area contributed by atoms with Crippen LogP contribution in [0, 0.1) is 11.7 Å². The Morgan fingerprint density at radius 1 is 1.11 bits per heavy atom. The molecule has 0 bridgehead atoms. The van der Waals surface area contributed by atoms with Crippen LogP contribution in [-0.4, -0.2) is 63.6 Å². The molecule has 2 aromatic heterocycles. The molecule has 3 N–H and O–H groups in total. The van der Waals surface area contributed by atoms with Crippen LogP contribution >= 0.6 is 11.6 Å². The summed E-state index contributed by atoms with van der Waals surface area (Å²) in [6, 6.07) is 9.19. The lowest BCUT2D eigenvalue weighted by Crippen LogP contribution is -2.46. The molecule has 0 spiro atoms. The average molecular weight is 646 g/mol. The number of imide groups is 1. The number of amides is 3. The summed E-state index contributed by atoms with van der Waals surface area (Å²) in [5, 5.41) is 14.9. The van der Waals surface area contributed by atoms with E-state index >= 15 is 0 Å². The first-order valence-electron chi connectivity index (χ1n) is 15.3. The first kappa shape index (κ1) is 29.9. The fraction of sp³-hybridized carbons (Fsp3) is 0.375. The molecule has 3 amide bonds. The van der Waals surface area contributed by atoms with Gasteiger partial charge >= 0.3 is 0 Å². The van der Waals surface area contributed by atoms with E-state index in [1.807, 2.05) is 25.2 Å². The number of aryl methyl sites for hydroxylation is 1. The maximum absolute atomic E-state index is 15.0. The third-order valence-electron chi connectivity index (χ3n) is 9.22. The van der Waals surface area contributed by atoms with E-state index in [1.165, 1.54) is 17.2 Å². The van der Waals surface area contributed by atoms with E-state index in [2.05, 4.69) is 42.8 Å². The van der Waals surface area contributed by atoms with Gasteiger partial charge in [-0.05, 0) is 48.6 Å². The zero-order valence-electron chi connectivity index (χ0n) is 25.6. The molecular weight excluding hydrogens is 613 g/mol. The summed E-state index contributed by atoms with van der Waals surface area (Å²) in [6.07, 6.45) is 3.30. The number of benzene rings is 2. The van der Waals surface area contributed by atoms with Gasteiger partial charge in [0.2, 0.25) is 23.7 Å². The van der Waals surface area contributed by atoms with Crippen LogP contribution in [0.5, 0.6) is 0 Å². The smallest absolute Gasteiger partial charge is 0.235 e. The number of carbonyl (C=O) groups is 3. The fourth-order valence-corrected chi connectivity index (χ4v) is 6.78. The third kappa shape index (κ3) is 5.38. The average Bonchev–Trinajstić information content (AvgIpc) is 3.49. The maximum Gasteiger partial charge on any atom is 0.235 e. The lowest BCUT2D eigenvalue weighted by atomic mass is 9.92. The Hall–Kier alpha value is -4.78. The van der Waals surface area contributed by atoms with Crippen LogP contribution in [0.15, 0.2) is 36.5 Å². The summed E-state index contributed by atoms with van der Waals surface area (Å²) in [4.78, 5) is 48.9. The van der Waals surface area contributed by atoms with Crippen molar-refractivity contribution in [2.75, 3.05) is 40.6 Å². The molecule has 3 aliphatic rings. The largest absolute Gasteiger partial charge is 0.382 e. The molecule has 2 saturated heterocycles. The number of nitrogens with one attached hydrogen (secondary N) is 3. The van der Waals surface area contributed by atoms with Gasteiger partial charge < -0.3 is 20.4 Å². The van der Waals surface area contributed by atoms with Gasteiger partial charge in [-0.2, -0.15) is 10.1 Å². The van der Waals surface area contributed by atoms with Crippen LogP contribution in [0.1, 0.15) is 43.4 Å². The van der Waals surface area contributed by atoms with E-state index in [4.69, 9.17) is 11.6 Å². The third-order valence-corrected chi connectivity index (χ3v) is 9.50. The molecule has 5 heterocycles. The van der Waals surface area contributed by atoms with Crippen molar-refractivity contribution < 1.29 is 18.8 Å². The predicted octanol–water partition coefficient (Wildman–Crippen LogP) is 4.27. The standard InChI is InChI=1S/C32H33ClFN9O3/c1-16-15-43(32-35-14-21(33)30(39-32)37-24-10-17-11-28(45)41(2)25(17)13-22(24)34)9-8-23(16)36-18-4-5-19-26(12-18)42(3)40-29(19)20-6-7-27(44)38-31(20)46/h4-5,10,12-14,16,20,23,36H,6-9,11,15H2,1-3H3,(H,35,37,39)(H,38,44,46)/t16-,20-,23-/m1/s1. The van der Waals surface area contributed by atoms with E-state index in [9.17, 15) is 18.8 Å².